The lowest BCUT2D eigenvalue weighted by Crippen LogP contribution is -2.50. The van der Waals surface area contributed by atoms with Gasteiger partial charge in [-0.3, -0.25) is 14.5 Å². The number of carbonyl (C=O) groups excluding carboxylic acids is 1. The molecule has 0 bridgehead atoms. The first-order valence-electron chi connectivity index (χ1n) is 8.37. The summed E-state index contributed by atoms with van der Waals surface area (Å²) in [6.07, 6.45) is 2.40. The van der Waals surface area contributed by atoms with Crippen molar-refractivity contribution in [3.63, 3.8) is 0 Å². The molecule has 0 spiro atoms. The molecule has 126 valence electrons. The average Bonchev–Trinajstić information content (AvgIpc) is 3.07. The summed E-state index contributed by atoms with van der Waals surface area (Å²) in [4.78, 5) is 26.8. The highest BCUT2D eigenvalue weighted by Crippen LogP contribution is 2.22. The second-order valence-corrected chi connectivity index (χ2v) is 6.43. The van der Waals surface area contributed by atoms with E-state index in [-0.39, 0.29) is 23.2 Å². The van der Waals surface area contributed by atoms with Crippen LogP contribution in [-0.2, 0) is 4.74 Å². The summed E-state index contributed by atoms with van der Waals surface area (Å²) in [5.74, 6) is -0.349. The van der Waals surface area contributed by atoms with Crippen LogP contribution in [0, 0.1) is 0 Å². The summed E-state index contributed by atoms with van der Waals surface area (Å²) < 4.78 is 11.4. The Kier molecular flexibility index (Phi) is 4.08. The molecule has 0 unspecified atom stereocenters. The zero-order valence-electron chi connectivity index (χ0n) is 13.4. The van der Waals surface area contributed by atoms with Crippen LogP contribution >= 0.6 is 0 Å². The SMILES string of the molecule is O=C(NC[C@@H]1CN2CCC[C@H]2CO1)c1cc(=O)c2ccccc2o1. The molecule has 2 atom stereocenters. The zero-order valence-corrected chi connectivity index (χ0v) is 13.4. The summed E-state index contributed by atoms with van der Waals surface area (Å²) in [6, 6.07) is 8.70. The topological polar surface area (TPSA) is 71.8 Å². The number of morpholine rings is 1. The number of ether oxygens (including phenoxy) is 1. The van der Waals surface area contributed by atoms with Gasteiger partial charge in [0.25, 0.3) is 5.91 Å². The van der Waals surface area contributed by atoms with Crippen LogP contribution in [0.4, 0.5) is 0 Å². The van der Waals surface area contributed by atoms with Gasteiger partial charge in [-0.05, 0) is 31.5 Å². The van der Waals surface area contributed by atoms with E-state index >= 15 is 0 Å². The first-order chi connectivity index (χ1) is 11.7. The first-order valence-corrected chi connectivity index (χ1v) is 8.37. The van der Waals surface area contributed by atoms with Gasteiger partial charge in [-0.25, -0.2) is 0 Å². The van der Waals surface area contributed by atoms with Crippen molar-refractivity contribution in [3.8, 4) is 0 Å². The molecular formula is C18H20N2O4. The van der Waals surface area contributed by atoms with Gasteiger partial charge in [0.2, 0.25) is 0 Å². The number of nitrogens with one attached hydrogen (secondary N) is 1. The number of hydrogen-bond donors (Lipinski definition) is 1. The number of fused-ring (bicyclic) bond motifs is 2. The standard InChI is InChI=1S/C18H20N2O4/c21-15-8-17(24-16-6-2-1-5-14(15)16)18(22)19-9-13-10-20-7-3-4-12(20)11-23-13/h1-2,5-6,8,12-13H,3-4,7,9-11H2,(H,19,22)/t12-,13+/m0/s1. The molecule has 0 saturated carbocycles. The third kappa shape index (κ3) is 2.95. The van der Waals surface area contributed by atoms with Gasteiger partial charge in [-0.2, -0.15) is 0 Å². The number of para-hydroxylation sites is 1. The van der Waals surface area contributed by atoms with E-state index in [0.717, 1.165) is 19.7 Å². The Labute approximate surface area is 139 Å². The second kappa shape index (κ2) is 6.37. The molecule has 2 fully saturated rings. The molecule has 0 aliphatic carbocycles. The highest BCUT2D eigenvalue weighted by Gasteiger charge is 2.32. The zero-order chi connectivity index (χ0) is 16.5. The van der Waals surface area contributed by atoms with E-state index < -0.39 is 0 Å². The van der Waals surface area contributed by atoms with Crippen molar-refractivity contribution in [2.75, 3.05) is 26.2 Å². The van der Waals surface area contributed by atoms with E-state index in [1.807, 2.05) is 0 Å². The maximum atomic E-state index is 12.3. The van der Waals surface area contributed by atoms with Crippen LogP contribution in [0.1, 0.15) is 23.4 Å². The highest BCUT2D eigenvalue weighted by atomic mass is 16.5. The van der Waals surface area contributed by atoms with Gasteiger partial charge in [0.1, 0.15) is 5.58 Å². The minimum atomic E-state index is -0.384. The lowest BCUT2D eigenvalue weighted by Gasteiger charge is -2.35. The molecule has 2 aliphatic rings. The molecule has 0 radical (unpaired) electrons. The van der Waals surface area contributed by atoms with Crippen LogP contribution in [0.2, 0.25) is 0 Å². The van der Waals surface area contributed by atoms with Crippen LogP contribution in [0.15, 0.2) is 39.5 Å². The molecular weight excluding hydrogens is 308 g/mol. The fourth-order valence-corrected chi connectivity index (χ4v) is 3.52. The number of rotatable bonds is 3. The van der Waals surface area contributed by atoms with Crippen molar-refractivity contribution in [1.29, 1.82) is 0 Å². The Balaban J connectivity index is 1.42. The maximum absolute atomic E-state index is 12.3. The minimum Gasteiger partial charge on any atom is -0.451 e. The van der Waals surface area contributed by atoms with Crippen molar-refractivity contribution in [2.24, 2.45) is 0 Å². The number of nitrogens with zero attached hydrogens (tertiary/aromatic N) is 1. The van der Waals surface area contributed by atoms with Crippen LogP contribution in [-0.4, -0.2) is 49.2 Å². The summed E-state index contributed by atoms with van der Waals surface area (Å²) in [5.41, 5.74) is 0.208. The van der Waals surface area contributed by atoms with Crippen molar-refractivity contribution in [2.45, 2.75) is 25.0 Å². The Bertz CT molecular complexity index is 816. The molecule has 2 aliphatic heterocycles. The Morgan fingerprint density at radius 3 is 3.12 bits per heavy atom. The Morgan fingerprint density at radius 2 is 2.21 bits per heavy atom. The normalized spacial score (nSPS) is 24.0. The third-order valence-corrected chi connectivity index (χ3v) is 4.81. The summed E-state index contributed by atoms with van der Waals surface area (Å²) in [6.45, 7) is 3.09. The van der Waals surface area contributed by atoms with Crippen LogP contribution in [0.3, 0.4) is 0 Å². The summed E-state index contributed by atoms with van der Waals surface area (Å²) >= 11 is 0. The molecule has 24 heavy (non-hydrogen) atoms. The smallest absolute Gasteiger partial charge is 0.287 e. The van der Waals surface area contributed by atoms with Crippen LogP contribution < -0.4 is 10.7 Å². The maximum Gasteiger partial charge on any atom is 0.287 e. The van der Waals surface area contributed by atoms with Crippen molar-refractivity contribution >= 4 is 16.9 Å². The van der Waals surface area contributed by atoms with Crippen LogP contribution in [0.25, 0.3) is 11.0 Å². The van der Waals surface area contributed by atoms with E-state index in [9.17, 15) is 9.59 Å². The molecule has 1 N–H and O–H groups in total. The Morgan fingerprint density at radius 1 is 1.33 bits per heavy atom. The van der Waals surface area contributed by atoms with E-state index in [1.54, 1.807) is 24.3 Å². The van der Waals surface area contributed by atoms with Gasteiger partial charge in [-0.15, -0.1) is 0 Å². The van der Waals surface area contributed by atoms with Gasteiger partial charge in [0.05, 0.1) is 18.1 Å². The van der Waals surface area contributed by atoms with Crippen molar-refractivity contribution in [1.82, 2.24) is 10.2 Å². The van der Waals surface area contributed by atoms with Gasteiger partial charge in [-0.1, -0.05) is 12.1 Å². The molecule has 2 saturated heterocycles. The molecule has 2 aromatic rings. The summed E-state index contributed by atoms with van der Waals surface area (Å²) in [5, 5.41) is 3.29. The lowest BCUT2D eigenvalue weighted by atomic mass is 10.2. The fourth-order valence-electron chi connectivity index (χ4n) is 3.52. The van der Waals surface area contributed by atoms with Gasteiger partial charge in [0.15, 0.2) is 11.2 Å². The largest absolute Gasteiger partial charge is 0.451 e. The van der Waals surface area contributed by atoms with Gasteiger partial charge in [0, 0.05) is 25.2 Å². The molecule has 1 amide bonds. The highest BCUT2D eigenvalue weighted by molar-refractivity contribution is 5.93. The van der Waals surface area contributed by atoms with Gasteiger partial charge >= 0.3 is 0 Å². The molecule has 3 heterocycles. The molecule has 6 nitrogen and oxygen atoms in total. The quantitative estimate of drug-likeness (QED) is 0.922. The predicted octanol–water partition coefficient (Wildman–Crippen LogP) is 1.39. The molecule has 6 heteroatoms. The van der Waals surface area contributed by atoms with Crippen LogP contribution in [0.5, 0.6) is 0 Å². The average molecular weight is 328 g/mol. The lowest BCUT2D eigenvalue weighted by molar-refractivity contribution is -0.0462. The minimum absolute atomic E-state index is 0.0181. The Hall–Kier alpha value is -2.18. The van der Waals surface area contributed by atoms with Crippen molar-refractivity contribution < 1.29 is 13.9 Å². The van der Waals surface area contributed by atoms with Gasteiger partial charge < -0.3 is 14.5 Å². The number of hydrogen-bond acceptors (Lipinski definition) is 5. The number of amides is 1. The van der Waals surface area contributed by atoms with E-state index in [0.29, 0.717) is 23.6 Å². The van der Waals surface area contributed by atoms with E-state index in [2.05, 4.69) is 10.2 Å². The molecule has 1 aromatic heterocycles. The second-order valence-electron chi connectivity index (χ2n) is 6.43. The first kappa shape index (κ1) is 15.4. The van der Waals surface area contributed by atoms with E-state index in [1.165, 1.54) is 18.9 Å². The molecule has 4 rings (SSSR count). The van der Waals surface area contributed by atoms with E-state index in [4.69, 9.17) is 9.15 Å². The third-order valence-electron chi connectivity index (χ3n) is 4.81. The summed E-state index contributed by atoms with van der Waals surface area (Å²) in [7, 11) is 0. The predicted molar refractivity (Wildman–Crippen MR) is 89.2 cm³/mol. The fraction of sp³-hybridized carbons (Fsp3) is 0.444. The molecule has 1 aromatic carbocycles. The van der Waals surface area contributed by atoms with Crippen molar-refractivity contribution in [3.05, 3.63) is 46.3 Å². The number of benzene rings is 1. The monoisotopic (exact) mass is 328 g/mol. The number of carbonyl (C=O) groups is 1.